The fourth-order valence-corrected chi connectivity index (χ4v) is 8.74. The zero-order valence-electron chi connectivity index (χ0n) is 38.1. The molecule has 1 amide bonds. The van der Waals surface area contributed by atoms with Crippen LogP contribution in [0.3, 0.4) is 0 Å². The summed E-state index contributed by atoms with van der Waals surface area (Å²) in [6.07, 6.45) is 28.7. The van der Waals surface area contributed by atoms with Crippen molar-refractivity contribution < 1.29 is 59.0 Å². The van der Waals surface area contributed by atoms with Crippen LogP contribution in [-0.2, 0) is 18.4 Å². The Morgan fingerprint density at radius 2 is 0.984 bits per heavy atom. The maximum absolute atomic E-state index is 12.8. The number of allylic oxidation sites excluding steroid dienone is 3. The molecule has 0 aliphatic heterocycles. The van der Waals surface area contributed by atoms with Crippen LogP contribution >= 0.6 is 7.82 Å². The lowest BCUT2D eigenvalue weighted by molar-refractivity contribution is -0.220. The van der Waals surface area contributed by atoms with E-state index in [0.717, 1.165) is 32.1 Å². The van der Waals surface area contributed by atoms with Crippen molar-refractivity contribution in [1.29, 1.82) is 0 Å². The topological polar surface area (TPSA) is 226 Å². The van der Waals surface area contributed by atoms with E-state index in [0.29, 0.717) is 12.8 Å². The van der Waals surface area contributed by atoms with Gasteiger partial charge in [-0.1, -0.05) is 186 Å². The Kier molecular flexibility index (Phi) is 35.1. The summed E-state index contributed by atoms with van der Waals surface area (Å²) in [6, 6.07) is -1.23. The maximum atomic E-state index is 12.8. The molecule has 1 aliphatic carbocycles. The van der Waals surface area contributed by atoms with Crippen LogP contribution in [0.5, 0.6) is 0 Å². The molecule has 0 aromatic carbocycles. The molecule has 8 unspecified atom stereocenters. The number of unbranched alkanes of at least 4 members (excludes halogenated alkanes) is 25. The van der Waals surface area contributed by atoms with Crippen molar-refractivity contribution in [3.8, 4) is 0 Å². The van der Waals surface area contributed by atoms with Crippen molar-refractivity contribution in [2.24, 2.45) is 0 Å². The van der Waals surface area contributed by atoms with Gasteiger partial charge in [0.2, 0.25) is 5.91 Å². The number of phosphoric ester groups is 1. The highest BCUT2D eigenvalue weighted by molar-refractivity contribution is 7.47. The molecular formula is C47H90NO12P. The van der Waals surface area contributed by atoms with Crippen LogP contribution in [0.15, 0.2) is 24.3 Å². The Morgan fingerprint density at radius 1 is 0.574 bits per heavy atom. The summed E-state index contributed by atoms with van der Waals surface area (Å²) in [7, 11) is -5.12. The Balaban J connectivity index is 2.14. The molecular weight excluding hydrogens is 801 g/mol. The van der Waals surface area contributed by atoms with Crippen LogP contribution in [0.2, 0.25) is 0 Å². The fourth-order valence-electron chi connectivity index (χ4n) is 7.77. The van der Waals surface area contributed by atoms with E-state index >= 15 is 0 Å². The number of nitrogens with one attached hydrogen (secondary N) is 1. The van der Waals surface area contributed by atoms with Crippen molar-refractivity contribution in [1.82, 2.24) is 5.32 Å². The van der Waals surface area contributed by atoms with E-state index in [2.05, 4.69) is 24.4 Å². The van der Waals surface area contributed by atoms with Gasteiger partial charge in [-0.05, 0) is 38.5 Å². The molecule has 0 spiro atoms. The minimum atomic E-state index is -5.12. The second kappa shape index (κ2) is 37.0. The van der Waals surface area contributed by atoms with Crippen LogP contribution in [-0.4, -0.2) is 108 Å². The summed E-state index contributed by atoms with van der Waals surface area (Å²) < 4.78 is 22.5. The molecule has 8 atom stereocenters. The lowest BCUT2D eigenvalue weighted by atomic mass is 9.85. The molecule has 61 heavy (non-hydrogen) atoms. The molecule has 1 fully saturated rings. The summed E-state index contributed by atoms with van der Waals surface area (Å²) in [5.74, 6) is -0.604. The smallest absolute Gasteiger partial charge is 0.393 e. The highest BCUT2D eigenvalue weighted by Crippen LogP contribution is 2.47. The van der Waals surface area contributed by atoms with Gasteiger partial charge in [0.05, 0.1) is 31.3 Å². The first-order valence-corrected chi connectivity index (χ1v) is 25.9. The van der Waals surface area contributed by atoms with Gasteiger partial charge in [0, 0.05) is 0 Å². The molecule has 9 N–H and O–H groups in total. The lowest BCUT2D eigenvalue weighted by Crippen LogP contribution is -2.64. The van der Waals surface area contributed by atoms with Gasteiger partial charge in [0.1, 0.15) is 36.6 Å². The minimum absolute atomic E-state index is 0.246. The molecule has 0 saturated heterocycles. The van der Waals surface area contributed by atoms with Gasteiger partial charge >= 0.3 is 7.82 Å². The van der Waals surface area contributed by atoms with Gasteiger partial charge in [0.25, 0.3) is 0 Å². The first-order chi connectivity index (χ1) is 29.3. The first-order valence-electron chi connectivity index (χ1n) is 24.4. The van der Waals surface area contributed by atoms with Crippen LogP contribution in [0.1, 0.15) is 206 Å². The van der Waals surface area contributed by atoms with Crippen molar-refractivity contribution in [2.45, 2.75) is 261 Å². The zero-order chi connectivity index (χ0) is 45.1. The van der Waals surface area contributed by atoms with E-state index < -0.39 is 75.2 Å². The summed E-state index contributed by atoms with van der Waals surface area (Å²) in [6.45, 7) is 3.47. The third-order valence-electron chi connectivity index (χ3n) is 11.8. The minimum Gasteiger partial charge on any atom is -0.393 e. The predicted octanol–water partition coefficient (Wildman–Crippen LogP) is 8.37. The van der Waals surface area contributed by atoms with E-state index in [1.165, 1.54) is 147 Å². The Bertz CT molecular complexity index is 1140. The van der Waals surface area contributed by atoms with Gasteiger partial charge in [-0.25, -0.2) is 4.57 Å². The number of phosphoric acid groups is 1. The van der Waals surface area contributed by atoms with Crippen LogP contribution in [0.4, 0.5) is 0 Å². The van der Waals surface area contributed by atoms with E-state index in [-0.39, 0.29) is 6.42 Å². The van der Waals surface area contributed by atoms with Gasteiger partial charge in [0.15, 0.2) is 0 Å². The van der Waals surface area contributed by atoms with Gasteiger partial charge in [-0.3, -0.25) is 13.8 Å². The highest BCUT2D eigenvalue weighted by Gasteiger charge is 2.51. The molecule has 0 heterocycles. The SMILES string of the molecule is CCC/C=C/C(O)C(COP(=O)(O)OC1C(O)C(O)C(O)C(O)C1O)NC(=O)CC(O)CCCCCCCCCCCCCC/C=C\CCCCCCCCCCCCCC. The molecule has 360 valence electrons. The van der Waals surface area contributed by atoms with Gasteiger partial charge < -0.3 is 46.0 Å². The van der Waals surface area contributed by atoms with E-state index in [1.54, 1.807) is 6.08 Å². The van der Waals surface area contributed by atoms with Crippen molar-refractivity contribution in [3.05, 3.63) is 24.3 Å². The third kappa shape index (κ3) is 29.0. The molecule has 0 bridgehead atoms. The second-order valence-electron chi connectivity index (χ2n) is 17.5. The molecule has 1 aliphatic rings. The Hall–Kier alpha value is -1.22. The molecule has 14 heteroatoms. The Morgan fingerprint density at radius 3 is 1.43 bits per heavy atom. The maximum Gasteiger partial charge on any atom is 0.472 e. The fraction of sp³-hybridized carbons (Fsp3) is 0.894. The van der Waals surface area contributed by atoms with Crippen LogP contribution in [0, 0.1) is 0 Å². The summed E-state index contributed by atoms with van der Waals surface area (Å²) >= 11 is 0. The standard InChI is InChI=1S/C47H90NO12P/c1-3-5-7-8-9-10-11-12-13-14-15-16-17-18-19-20-21-22-23-24-25-26-27-28-29-30-31-33-34-38(49)36-41(51)48-39(40(50)35-32-6-4-2)37-59-61(57,58)60-47-45(55)43(53)42(52)44(54)46(47)56/h18-19,32,35,38-40,42-47,49-50,52-56H,3-17,20-31,33-34,36-37H2,1-2H3,(H,48,51)(H,57,58)/b19-18-,35-32+. The number of hydrogen-bond acceptors (Lipinski definition) is 11. The largest absolute Gasteiger partial charge is 0.472 e. The molecule has 0 aromatic rings. The predicted molar refractivity (Wildman–Crippen MR) is 243 cm³/mol. The second-order valence-corrected chi connectivity index (χ2v) is 18.9. The number of aliphatic hydroxyl groups excluding tert-OH is 7. The van der Waals surface area contributed by atoms with Crippen molar-refractivity contribution in [2.75, 3.05) is 6.61 Å². The van der Waals surface area contributed by atoms with Crippen LogP contribution < -0.4 is 5.32 Å². The summed E-state index contributed by atoms with van der Waals surface area (Å²) in [5.41, 5.74) is 0. The molecule has 0 aromatic heterocycles. The number of hydrogen-bond donors (Lipinski definition) is 9. The number of carbonyl (C=O) groups is 1. The summed E-state index contributed by atoms with van der Waals surface area (Å²) in [5, 5.41) is 73.6. The number of rotatable bonds is 40. The number of carbonyl (C=O) groups excluding carboxylic acids is 1. The molecule has 13 nitrogen and oxygen atoms in total. The average Bonchev–Trinajstić information content (AvgIpc) is 3.23. The first kappa shape index (κ1) is 57.8. The third-order valence-corrected chi connectivity index (χ3v) is 12.7. The summed E-state index contributed by atoms with van der Waals surface area (Å²) in [4.78, 5) is 23.1. The van der Waals surface area contributed by atoms with Crippen molar-refractivity contribution >= 4 is 13.7 Å². The van der Waals surface area contributed by atoms with E-state index in [9.17, 15) is 50.0 Å². The van der Waals surface area contributed by atoms with E-state index in [1.807, 2.05) is 6.92 Å². The van der Waals surface area contributed by atoms with Gasteiger partial charge in [-0.15, -0.1) is 0 Å². The zero-order valence-corrected chi connectivity index (χ0v) is 39.0. The number of aliphatic hydroxyl groups is 7. The highest BCUT2D eigenvalue weighted by atomic mass is 31.2. The molecule has 0 radical (unpaired) electrons. The normalized spacial score (nSPS) is 23.4. The average molecular weight is 892 g/mol. The van der Waals surface area contributed by atoms with E-state index in [4.69, 9.17) is 9.05 Å². The monoisotopic (exact) mass is 892 g/mol. The number of amides is 1. The molecule has 1 saturated carbocycles. The lowest BCUT2D eigenvalue weighted by Gasteiger charge is -2.41. The molecule has 1 rings (SSSR count). The quantitative estimate of drug-likeness (QED) is 0.0161. The van der Waals surface area contributed by atoms with Crippen LogP contribution in [0.25, 0.3) is 0 Å². The van der Waals surface area contributed by atoms with Gasteiger partial charge in [-0.2, -0.15) is 0 Å². The van der Waals surface area contributed by atoms with Crippen molar-refractivity contribution in [3.63, 3.8) is 0 Å². The Labute approximate surface area is 369 Å².